The largest absolute Gasteiger partial charge is 0.481 e. The van der Waals surface area contributed by atoms with E-state index in [0.717, 1.165) is 11.2 Å². The van der Waals surface area contributed by atoms with Crippen LogP contribution >= 0.6 is 0 Å². The number of aromatic nitrogens is 3. The molecule has 2 heterocycles. The number of nitrogens with zero attached hydrogens (tertiary/aromatic N) is 3. The number of carbonyl (C=O) groups is 1. The van der Waals surface area contributed by atoms with Crippen LogP contribution < -0.4 is 0 Å². The summed E-state index contributed by atoms with van der Waals surface area (Å²) in [5.41, 5.74) is 1.02. The van der Waals surface area contributed by atoms with E-state index in [9.17, 15) is 9.90 Å². The minimum Gasteiger partial charge on any atom is -0.481 e. The second-order valence-electron chi connectivity index (χ2n) is 5.60. The van der Waals surface area contributed by atoms with Gasteiger partial charge in [-0.2, -0.15) is 0 Å². The number of aryl methyl sites for hydroxylation is 1. The Morgan fingerprint density at radius 2 is 2.16 bits per heavy atom. The van der Waals surface area contributed by atoms with Crippen LogP contribution in [0.3, 0.4) is 0 Å². The van der Waals surface area contributed by atoms with Crippen molar-refractivity contribution in [3.8, 4) is 0 Å². The third-order valence-electron chi connectivity index (χ3n) is 3.92. The average Bonchev–Trinajstić information content (AvgIpc) is 2.70. The Morgan fingerprint density at radius 3 is 2.74 bits per heavy atom. The highest BCUT2D eigenvalue weighted by molar-refractivity contribution is 5.74. The van der Waals surface area contributed by atoms with Gasteiger partial charge in [0.2, 0.25) is 0 Å². The van der Waals surface area contributed by atoms with Crippen molar-refractivity contribution in [3.63, 3.8) is 0 Å². The van der Waals surface area contributed by atoms with E-state index in [1.807, 2.05) is 43.5 Å². The van der Waals surface area contributed by atoms with Crippen molar-refractivity contribution in [3.05, 3.63) is 29.7 Å². The summed E-state index contributed by atoms with van der Waals surface area (Å²) in [5, 5.41) is 17.7. The molecular weight excluding hydrogens is 242 g/mol. The lowest BCUT2D eigenvalue weighted by Crippen LogP contribution is -2.36. The van der Waals surface area contributed by atoms with Crippen LogP contribution in [0.5, 0.6) is 0 Å². The van der Waals surface area contributed by atoms with E-state index in [0.29, 0.717) is 12.2 Å². The van der Waals surface area contributed by atoms with Crippen molar-refractivity contribution in [2.24, 2.45) is 11.3 Å². The number of fused-ring (bicyclic) bond motifs is 1. The van der Waals surface area contributed by atoms with Crippen molar-refractivity contribution >= 4 is 11.6 Å². The minimum absolute atomic E-state index is 0.0165. The Bertz CT molecular complexity index is 618. The van der Waals surface area contributed by atoms with Crippen molar-refractivity contribution in [2.45, 2.75) is 34.1 Å². The first-order valence-corrected chi connectivity index (χ1v) is 6.38. The summed E-state index contributed by atoms with van der Waals surface area (Å²) in [5.74, 6) is -0.0947. The van der Waals surface area contributed by atoms with Gasteiger partial charge in [0.1, 0.15) is 5.82 Å². The SMILES string of the molecule is Cc1ccn2c(CC(C)(C(=O)O)C(C)C)nnc2c1. The van der Waals surface area contributed by atoms with E-state index >= 15 is 0 Å². The van der Waals surface area contributed by atoms with Gasteiger partial charge in [-0.1, -0.05) is 13.8 Å². The number of hydrogen-bond acceptors (Lipinski definition) is 3. The van der Waals surface area contributed by atoms with Crippen molar-refractivity contribution < 1.29 is 9.90 Å². The van der Waals surface area contributed by atoms with Gasteiger partial charge in [-0.15, -0.1) is 10.2 Å². The van der Waals surface area contributed by atoms with Gasteiger partial charge in [0, 0.05) is 12.6 Å². The smallest absolute Gasteiger partial charge is 0.310 e. The lowest BCUT2D eigenvalue weighted by molar-refractivity contribution is -0.150. The normalized spacial score (nSPS) is 14.8. The van der Waals surface area contributed by atoms with Crippen LogP contribution in [0.15, 0.2) is 18.3 Å². The molecule has 102 valence electrons. The maximum Gasteiger partial charge on any atom is 0.310 e. The number of rotatable bonds is 4. The van der Waals surface area contributed by atoms with E-state index in [1.165, 1.54) is 0 Å². The molecule has 5 heteroatoms. The van der Waals surface area contributed by atoms with Gasteiger partial charge in [-0.25, -0.2) is 0 Å². The van der Waals surface area contributed by atoms with E-state index in [-0.39, 0.29) is 5.92 Å². The predicted molar refractivity (Wildman–Crippen MR) is 72.0 cm³/mol. The summed E-state index contributed by atoms with van der Waals surface area (Å²) in [6, 6.07) is 3.90. The lowest BCUT2D eigenvalue weighted by Gasteiger charge is -2.28. The predicted octanol–water partition coefficient (Wildman–Crippen LogP) is 2.33. The van der Waals surface area contributed by atoms with Crippen LogP contribution in [-0.4, -0.2) is 25.7 Å². The van der Waals surface area contributed by atoms with E-state index in [4.69, 9.17) is 0 Å². The molecular formula is C14H19N3O2. The highest BCUT2D eigenvalue weighted by Gasteiger charge is 2.38. The molecule has 0 radical (unpaired) electrons. The maximum absolute atomic E-state index is 11.5. The first-order valence-electron chi connectivity index (χ1n) is 6.38. The molecule has 0 spiro atoms. The number of hydrogen-bond donors (Lipinski definition) is 1. The zero-order valence-electron chi connectivity index (χ0n) is 11.7. The summed E-state index contributed by atoms with van der Waals surface area (Å²) < 4.78 is 1.86. The number of carboxylic acid groups (broad SMARTS) is 1. The third-order valence-corrected chi connectivity index (χ3v) is 3.92. The van der Waals surface area contributed by atoms with Gasteiger partial charge in [0.05, 0.1) is 5.41 Å². The standard InChI is InChI=1S/C14H19N3O2/c1-9(2)14(4,13(18)19)8-12-16-15-11-7-10(3)5-6-17(11)12/h5-7,9H,8H2,1-4H3,(H,18,19). The Morgan fingerprint density at radius 1 is 1.47 bits per heavy atom. The quantitative estimate of drug-likeness (QED) is 0.917. The van der Waals surface area contributed by atoms with Crippen LogP contribution in [0, 0.1) is 18.3 Å². The number of pyridine rings is 1. The van der Waals surface area contributed by atoms with Crippen LogP contribution in [-0.2, 0) is 11.2 Å². The zero-order valence-corrected chi connectivity index (χ0v) is 11.7. The van der Waals surface area contributed by atoms with Crippen LogP contribution in [0.1, 0.15) is 32.2 Å². The monoisotopic (exact) mass is 261 g/mol. The maximum atomic E-state index is 11.5. The highest BCUT2D eigenvalue weighted by Crippen LogP contribution is 2.31. The van der Waals surface area contributed by atoms with Crippen molar-refractivity contribution in [1.29, 1.82) is 0 Å². The number of carboxylic acids is 1. The molecule has 0 saturated heterocycles. The van der Waals surface area contributed by atoms with E-state index in [1.54, 1.807) is 6.92 Å². The van der Waals surface area contributed by atoms with Crippen molar-refractivity contribution in [2.75, 3.05) is 0 Å². The molecule has 2 aromatic rings. The molecule has 0 aromatic carbocycles. The fraction of sp³-hybridized carbons (Fsp3) is 0.500. The fourth-order valence-electron chi connectivity index (χ4n) is 2.02. The van der Waals surface area contributed by atoms with Crippen LogP contribution in [0.4, 0.5) is 0 Å². The average molecular weight is 261 g/mol. The topological polar surface area (TPSA) is 67.5 Å². The van der Waals surface area contributed by atoms with Gasteiger partial charge >= 0.3 is 5.97 Å². The third kappa shape index (κ3) is 2.32. The van der Waals surface area contributed by atoms with Gasteiger partial charge in [0.25, 0.3) is 0 Å². The molecule has 0 bridgehead atoms. The summed E-state index contributed by atoms with van der Waals surface area (Å²) in [6.07, 6.45) is 2.26. The molecule has 0 aliphatic heterocycles. The van der Waals surface area contributed by atoms with Gasteiger partial charge < -0.3 is 5.11 Å². The molecule has 2 aromatic heterocycles. The summed E-state index contributed by atoms with van der Waals surface area (Å²) >= 11 is 0. The molecule has 0 aliphatic rings. The molecule has 0 amide bonds. The molecule has 0 saturated carbocycles. The first-order chi connectivity index (χ1) is 8.84. The molecule has 2 rings (SSSR count). The van der Waals surface area contributed by atoms with Crippen LogP contribution in [0.25, 0.3) is 5.65 Å². The first kappa shape index (κ1) is 13.5. The lowest BCUT2D eigenvalue weighted by atomic mass is 9.76. The second kappa shape index (κ2) is 4.64. The molecule has 1 unspecified atom stereocenters. The van der Waals surface area contributed by atoms with Crippen molar-refractivity contribution in [1.82, 2.24) is 14.6 Å². The zero-order chi connectivity index (χ0) is 14.2. The van der Waals surface area contributed by atoms with Gasteiger partial charge in [-0.05, 0) is 37.5 Å². The summed E-state index contributed by atoms with van der Waals surface area (Å²) in [4.78, 5) is 11.5. The Hall–Kier alpha value is -1.91. The van der Waals surface area contributed by atoms with Crippen LogP contribution in [0.2, 0.25) is 0 Å². The second-order valence-corrected chi connectivity index (χ2v) is 5.60. The van der Waals surface area contributed by atoms with Gasteiger partial charge in [-0.3, -0.25) is 9.20 Å². The molecule has 1 atom stereocenters. The van der Waals surface area contributed by atoms with Gasteiger partial charge in [0.15, 0.2) is 5.65 Å². The van der Waals surface area contributed by atoms with E-state index < -0.39 is 11.4 Å². The van der Waals surface area contributed by atoms with E-state index in [2.05, 4.69) is 10.2 Å². The molecule has 19 heavy (non-hydrogen) atoms. The fourth-order valence-corrected chi connectivity index (χ4v) is 2.02. The molecule has 0 fully saturated rings. The highest BCUT2D eigenvalue weighted by atomic mass is 16.4. The molecule has 0 aliphatic carbocycles. The number of aliphatic carboxylic acids is 1. The molecule has 5 nitrogen and oxygen atoms in total. The Balaban J connectivity index is 2.43. The summed E-state index contributed by atoms with van der Waals surface area (Å²) in [6.45, 7) is 7.59. The Kier molecular flexibility index (Phi) is 3.30. The minimum atomic E-state index is -0.839. The summed E-state index contributed by atoms with van der Waals surface area (Å²) in [7, 11) is 0. The molecule has 1 N–H and O–H groups in total. The Labute approximate surface area is 112 Å².